The third-order valence-corrected chi connectivity index (χ3v) is 5.35. The van der Waals surface area contributed by atoms with Crippen LogP contribution < -0.4 is 0 Å². The van der Waals surface area contributed by atoms with E-state index in [0.717, 1.165) is 33.4 Å². The topological polar surface area (TPSA) is 63.9 Å². The van der Waals surface area contributed by atoms with Crippen LogP contribution in [0.5, 0.6) is 0 Å². The highest BCUT2D eigenvalue weighted by Gasteiger charge is 2.21. The van der Waals surface area contributed by atoms with E-state index in [1.165, 1.54) is 6.33 Å². The van der Waals surface area contributed by atoms with Crippen LogP contribution in [0.1, 0.15) is 40.1 Å². The molecule has 29 heavy (non-hydrogen) atoms. The quantitative estimate of drug-likeness (QED) is 0.526. The number of fused-ring (bicyclic) bond motifs is 1. The van der Waals surface area contributed by atoms with Gasteiger partial charge in [-0.15, -0.1) is 0 Å². The van der Waals surface area contributed by atoms with Crippen molar-refractivity contribution in [3.05, 3.63) is 83.6 Å². The maximum absolute atomic E-state index is 13.2. The first-order valence-electron chi connectivity index (χ1n) is 9.54. The number of carbonyl (C=O) groups is 1. The van der Waals surface area contributed by atoms with Gasteiger partial charge in [0.2, 0.25) is 0 Å². The molecule has 1 unspecified atom stereocenters. The molecule has 0 bridgehead atoms. The summed E-state index contributed by atoms with van der Waals surface area (Å²) in [6.07, 6.45) is 3.16. The van der Waals surface area contributed by atoms with Crippen LogP contribution >= 0.6 is 0 Å². The van der Waals surface area contributed by atoms with E-state index in [1.54, 1.807) is 15.9 Å². The van der Waals surface area contributed by atoms with Gasteiger partial charge >= 0.3 is 0 Å². The average molecular weight is 385 g/mol. The minimum atomic E-state index is -0.0834. The molecule has 2 heterocycles. The number of pyridine rings is 1. The van der Waals surface area contributed by atoms with Crippen molar-refractivity contribution >= 4 is 16.8 Å². The summed E-state index contributed by atoms with van der Waals surface area (Å²) in [6.45, 7) is 5.95. The Kier molecular flexibility index (Phi) is 4.84. The molecule has 0 aliphatic heterocycles. The summed E-state index contributed by atoms with van der Waals surface area (Å²) in [7, 11) is 1.83. The minimum Gasteiger partial charge on any atom is -0.335 e. The van der Waals surface area contributed by atoms with Crippen molar-refractivity contribution in [2.45, 2.75) is 26.8 Å². The zero-order valence-corrected chi connectivity index (χ0v) is 17.0. The lowest BCUT2D eigenvalue weighted by molar-refractivity contribution is 0.0741. The highest BCUT2D eigenvalue weighted by molar-refractivity contribution is 5.98. The third kappa shape index (κ3) is 3.61. The van der Waals surface area contributed by atoms with Gasteiger partial charge in [-0.2, -0.15) is 5.10 Å². The van der Waals surface area contributed by atoms with Crippen LogP contribution in [-0.4, -0.2) is 37.6 Å². The Morgan fingerprint density at radius 2 is 1.83 bits per heavy atom. The largest absolute Gasteiger partial charge is 0.335 e. The minimum absolute atomic E-state index is 0.0359. The SMILES string of the molecule is Cc1ccc2nc(C)c(C(=O)N(C)C(C)c3ccc(-n4cncn4)cc3)cc2c1. The van der Waals surface area contributed by atoms with Crippen molar-refractivity contribution < 1.29 is 4.79 Å². The number of aryl methyl sites for hydroxylation is 2. The fraction of sp³-hybridized carbons (Fsp3) is 0.217. The molecular formula is C23H23N5O. The van der Waals surface area contributed by atoms with Gasteiger partial charge in [-0.25, -0.2) is 9.67 Å². The van der Waals surface area contributed by atoms with E-state index in [0.29, 0.717) is 5.56 Å². The summed E-state index contributed by atoms with van der Waals surface area (Å²) in [5, 5.41) is 5.12. The number of nitrogens with zero attached hydrogens (tertiary/aromatic N) is 5. The molecular weight excluding hydrogens is 362 g/mol. The van der Waals surface area contributed by atoms with Gasteiger partial charge in [0.25, 0.3) is 5.91 Å². The third-order valence-electron chi connectivity index (χ3n) is 5.35. The molecule has 146 valence electrons. The van der Waals surface area contributed by atoms with E-state index in [1.807, 2.05) is 70.3 Å². The molecule has 0 saturated carbocycles. The number of benzene rings is 2. The number of carbonyl (C=O) groups excluding carboxylic acids is 1. The lowest BCUT2D eigenvalue weighted by Crippen LogP contribution is -2.30. The first kappa shape index (κ1) is 18.8. The summed E-state index contributed by atoms with van der Waals surface area (Å²) in [6, 6.07) is 15.9. The summed E-state index contributed by atoms with van der Waals surface area (Å²) < 4.78 is 1.70. The Labute approximate surface area is 169 Å². The standard InChI is InChI=1S/C23H23N5O/c1-15-5-10-22-19(11-15)12-21(16(2)26-22)23(29)27(4)17(3)18-6-8-20(9-7-18)28-14-24-13-25-28/h5-14,17H,1-4H3. The molecule has 4 aromatic rings. The molecule has 2 aromatic heterocycles. The van der Waals surface area contributed by atoms with Crippen molar-refractivity contribution in [3.63, 3.8) is 0 Å². The van der Waals surface area contributed by atoms with Gasteiger partial charge in [-0.05, 0) is 56.7 Å². The molecule has 0 saturated heterocycles. The van der Waals surface area contributed by atoms with Gasteiger partial charge in [-0.1, -0.05) is 23.8 Å². The Bertz CT molecular complexity index is 1170. The van der Waals surface area contributed by atoms with Crippen molar-refractivity contribution in [3.8, 4) is 5.69 Å². The van der Waals surface area contributed by atoms with Crippen LogP contribution in [0, 0.1) is 13.8 Å². The number of hydrogen-bond donors (Lipinski definition) is 0. The van der Waals surface area contributed by atoms with Crippen LogP contribution in [0.4, 0.5) is 0 Å². The van der Waals surface area contributed by atoms with Gasteiger partial charge in [0, 0.05) is 12.4 Å². The van der Waals surface area contributed by atoms with Gasteiger partial charge in [0.05, 0.1) is 28.5 Å². The van der Waals surface area contributed by atoms with Crippen molar-refractivity contribution in [1.29, 1.82) is 0 Å². The number of amides is 1. The molecule has 0 aliphatic rings. The molecule has 1 atom stereocenters. The van der Waals surface area contributed by atoms with E-state index in [4.69, 9.17) is 0 Å². The van der Waals surface area contributed by atoms with Gasteiger partial charge in [-0.3, -0.25) is 9.78 Å². The summed E-state index contributed by atoms with van der Waals surface area (Å²) >= 11 is 0. The smallest absolute Gasteiger partial charge is 0.255 e. The predicted molar refractivity (Wildman–Crippen MR) is 113 cm³/mol. The fourth-order valence-corrected chi connectivity index (χ4v) is 3.45. The molecule has 4 rings (SSSR count). The van der Waals surface area contributed by atoms with Crippen molar-refractivity contribution in [2.24, 2.45) is 0 Å². The summed E-state index contributed by atoms with van der Waals surface area (Å²) in [4.78, 5) is 23.6. The number of aromatic nitrogens is 4. The average Bonchev–Trinajstić information content (AvgIpc) is 3.27. The van der Waals surface area contributed by atoms with E-state index in [2.05, 4.69) is 21.1 Å². The monoisotopic (exact) mass is 385 g/mol. The van der Waals surface area contributed by atoms with Crippen LogP contribution in [-0.2, 0) is 0 Å². The van der Waals surface area contributed by atoms with E-state index < -0.39 is 0 Å². The Balaban J connectivity index is 1.60. The second-order valence-corrected chi connectivity index (χ2v) is 7.34. The normalized spacial score (nSPS) is 12.1. The predicted octanol–water partition coefficient (Wildman–Crippen LogP) is 4.27. The molecule has 0 spiro atoms. The maximum Gasteiger partial charge on any atom is 0.255 e. The zero-order chi connectivity index (χ0) is 20.5. The van der Waals surface area contributed by atoms with Gasteiger partial charge in [0.15, 0.2) is 0 Å². The van der Waals surface area contributed by atoms with Crippen molar-refractivity contribution in [2.75, 3.05) is 7.05 Å². The summed E-state index contributed by atoms with van der Waals surface area (Å²) in [5.41, 5.74) is 5.41. The van der Waals surface area contributed by atoms with Crippen LogP contribution in [0.3, 0.4) is 0 Å². The number of hydrogen-bond acceptors (Lipinski definition) is 4. The van der Waals surface area contributed by atoms with Crippen LogP contribution in [0.15, 0.2) is 61.2 Å². The fourth-order valence-electron chi connectivity index (χ4n) is 3.45. The molecule has 0 aliphatic carbocycles. The van der Waals surface area contributed by atoms with E-state index in [-0.39, 0.29) is 11.9 Å². The van der Waals surface area contributed by atoms with E-state index >= 15 is 0 Å². The molecule has 0 fully saturated rings. The number of rotatable bonds is 4. The molecule has 0 N–H and O–H groups in total. The highest BCUT2D eigenvalue weighted by Crippen LogP contribution is 2.24. The second kappa shape index (κ2) is 7.47. The van der Waals surface area contributed by atoms with Crippen LogP contribution in [0.2, 0.25) is 0 Å². The second-order valence-electron chi connectivity index (χ2n) is 7.34. The first-order valence-corrected chi connectivity index (χ1v) is 9.54. The molecule has 0 radical (unpaired) electrons. The Morgan fingerprint density at radius 1 is 1.07 bits per heavy atom. The van der Waals surface area contributed by atoms with Crippen molar-refractivity contribution in [1.82, 2.24) is 24.6 Å². The van der Waals surface area contributed by atoms with Gasteiger partial charge in [0.1, 0.15) is 12.7 Å². The lowest BCUT2D eigenvalue weighted by atomic mass is 10.0. The first-order chi connectivity index (χ1) is 13.9. The molecule has 6 nitrogen and oxygen atoms in total. The Morgan fingerprint density at radius 3 is 2.52 bits per heavy atom. The molecule has 1 amide bonds. The zero-order valence-electron chi connectivity index (χ0n) is 17.0. The summed E-state index contributed by atoms with van der Waals surface area (Å²) in [5.74, 6) is -0.0359. The highest BCUT2D eigenvalue weighted by atomic mass is 16.2. The van der Waals surface area contributed by atoms with Crippen LogP contribution in [0.25, 0.3) is 16.6 Å². The lowest BCUT2D eigenvalue weighted by Gasteiger charge is -2.26. The molecule has 2 aromatic carbocycles. The maximum atomic E-state index is 13.2. The Hall–Kier alpha value is -3.54. The molecule has 6 heteroatoms. The van der Waals surface area contributed by atoms with E-state index in [9.17, 15) is 4.79 Å². The van der Waals surface area contributed by atoms with Gasteiger partial charge < -0.3 is 4.90 Å².